The highest BCUT2D eigenvalue weighted by molar-refractivity contribution is 5.79. The number of alkyl carbamates (subject to hydrolysis) is 1. The van der Waals surface area contributed by atoms with Crippen LogP contribution in [0.5, 0.6) is 0 Å². The number of carbonyl (C=O) groups excluding carboxylic acids is 2. The predicted molar refractivity (Wildman–Crippen MR) is 168 cm³/mol. The van der Waals surface area contributed by atoms with Gasteiger partial charge >= 0.3 is 12.1 Å². The van der Waals surface area contributed by atoms with Crippen LogP contribution in [-0.4, -0.2) is 110 Å². The first kappa shape index (κ1) is 36.4. The summed E-state index contributed by atoms with van der Waals surface area (Å²) in [5.74, 6) is -0.340. The minimum Gasteiger partial charge on any atom is -0.458 e. The van der Waals surface area contributed by atoms with E-state index >= 15 is 0 Å². The summed E-state index contributed by atoms with van der Waals surface area (Å²) in [4.78, 5) is 23.7. The van der Waals surface area contributed by atoms with E-state index in [2.05, 4.69) is 29.6 Å². The number of carbonyl (C=O) groups is 2. The Labute approximate surface area is 266 Å². The first-order chi connectivity index (χ1) is 21.8. The number of rotatable bonds is 23. The summed E-state index contributed by atoms with van der Waals surface area (Å²) in [6, 6.07) is 16.5. The summed E-state index contributed by atoms with van der Waals surface area (Å²) < 4.78 is 43.3. The second kappa shape index (κ2) is 20.9. The average Bonchev–Trinajstić information content (AvgIpc) is 3.33. The van der Waals surface area contributed by atoms with E-state index in [0.717, 1.165) is 0 Å². The number of hydrogen-bond acceptors (Lipinski definition) is 10. The van der Waals surface area contributed by atoms with Crippen molar-refractivity contribution in [2.75, 3.05) is 92.4 Å². The predicted octanol–water partition coefficient (Wildman–Crippen LogP) is 4.36. The van der Waals surface area contributed by atoms with Gasteiger partial charge in [-0.15, -0.1) is 0 Å². The second-order valence-electron chi connectivity index (χ2n) is 11.3. The van der Waals surface area contributed by atoms with Crippen molar-refractivity contribution in [1.29, 1.82) is 0 Å². The molecule has 0 bridgehead atoms. The fourth-order valence-electron chi connectivity index (χ4n) is 4.64. The maximum Gasteiger partial charge on any atom is 0.407 e. The molecule has 3 rings (SSSR count). The summed E-state index contributed by atoms with van der Waals surface area (Å²) in [6.07, 6.45) is 0.262. The Bertz CT molecular complexity index is 1090. The minimum absolute atomic E-state index is 0.0490. The molecule has 0 spiro atoms. The molecule has 0 aliphatic heterocycles. The molecule has 2 aromatic rings. The summed E-state index contributed by atoms with van der Waals surface area (Å²) in [7, 11) is 0. The highest BCUT2D eigenvalue weighted by Crippen LogP contribution is 2.44. The Balaban J connectivity index is 1.03. The van der Waals surface area contributed by atoms with E-state index in [9.17, 15) is 9.59 Å². The second-order valence-corrected chi connectivity index (χ2v) is 11.3. The van der Waals surface area contributed by atoms with Crippen molar-refractivity contribution in [3.8, 4) is 11.1 Å². The van der Waals surface area contributed by atoms with Crippen LogP contribution in [0.4, 0.5) is 4.79 Å². The van der Waals surface area contributed by atoms with Gasteiger partial charge in [-0.1, -0.05) is 48.5 Å². The highest BCUT2D eigenvalue weighted by Gasteiger charge is 2.28. The van der Waals surface area contributed by atoms with Crippen molar-refractivity contribution in [2.24, 2.45) is 0 Å². The third kappa shape index (κ3) is 14.7. The van der Waals surface area contributed by atoms with Gasteiger partial charge in [0.15, 0.2) is 0 Å². The largest absolute Gasteiger partial charge is 0.458 e. The van der Waals surface area contributed by atoms with E-state index in [-0.39, 0.29) is 18.5 Å². The number of benzene rings is 2. The van der Waals surface area contributed by atoms with Gasteiger partial charge in [0.1, 0.15) is 18.8 Å². The molecule has 0 radical (unpaired) electrons. The fourth-order valence-corrected chi connectivity index (χ4v) is 4.64. The molecule has 250 valence electrons. The van der Waals surface area contributed by atoms with Crippen LogP contribution in [0.1, 0.15) is 44.2 Å². The normalized spacial score (nSPS) is 12.5. The van der Waals surface area contributed by atoms with Gasteiger partial charge in [-0.25, -0.2) is 9.59 Å². The minimum atomic E-state index is -0.514. The molecule has 0 saturated heterocycles. The Hall–Kier alpha value is -3.06. The van der Waals surface area contributed by atoms with Gasteiger partial charge in [-0.3, -0.25) is 0 Å². The third-order valence-electron chi connectivity index (χ3n) is 6.58. The SMILES string of the molecule is CC(C)(C)OC(=O)COCCOCCOCCOCCOCCOCCCNC(=O)OCC1c2ccccc2-c2ccccc21. The fraction of sp³-hybridized carbons (Fsp3) is 0.588. The zero-order valence-corrected chi connectivity index (χ0v) is 26.9. The van der Waals surface area contributed by atoms with E-state index in [1.807, 2.05) is 45.0 Å². The van der Waals surface area contributed by atoms with Crippen LogP contribution in [0.3, 0.4) is 0 Å². The Morgan fingerprint density at radius 3 is 1.58 bits per heavy atom. The highest BCUT2D eigenvalue weighted by atomic mass is 16.6. The zero-order chi connectivity index (χ0) is 32.2. The van der Waals surface area contributed by atoms with Crippen molar-refractivity contribution < 1.29 is 47.5 Å². The van der Waals surface area contributed by atoms with E-state index in [1.165, 1.54) is 22.3 Å². The molecular formula is C34H49NO10. The lowest BCUT2D eigenvalue weighted by Gasteiger charge is -2.19. The third-order valence-corrected chi connectivity index (χ3v) is 6.58. The number of nitrogens with one attached hydrogen (secondary N) is 1. The molecule has 0 unspecified atom stereocenters. The molecule has 1 amide bonds. The molecule has 0 saturated carbocycles. The van der Waals surface area contributed by atoms with Crippen molar-refractivity contribution in [3.63, 3.8) is 0 Å². The lowest BCUT2D eigenvalue weighted by atomic mass is 9.98. The number of esters is 1. The number of ether oxygens (including phenoxy) is 8. The van der Waals surface area contributed by atoms with Gasteiger partial charge in [0.05, 0.1) is 66.1 Å². The number of amides is 1. The zero-order valence-electron chi connectivity index (χ0n) is 26.9. The number of hydrogen-bond donors (Lipinski definition) is 1. The lowest BCUT2D eigenvalue weighted by molar-refractivity contribution is -0.160. The summed E-state index contributed by atoms with van der Waals surface area (Å²) >= 11 is 0. The quantitative estimate of drug-likeness (QED) is 0.140. The molecule has 2 aromatic carbocycles. The van der Waals surface area contributed by atoms with Crippen molar-refractivity contribution >= 4 is 12.1 Å². The van der Waals surface area contributed by atoms with Crippen LogP contribution in [0.2, 0.25) is 0 Å². The lowest BCUT2D eigenvalue weighted by Crippen LogP contribution is -2.27. The summed E-state index contributed by atoms with van der Waals surface area (Å²) in [5.41, 5.74) is 4.28. The van der Waals surface area contributed by atoms with E-state index in [4.69, 9.17) is 37.9 Å². The summed E-state index contributed by atoms with van der Waals surface area (Å²) in [6.45, 7) is 11.0. The molecule has 1 aliphatic carbocycles. The van der Waals surface area contributed by atoms with Gasteiger partial charge in [0, 0.05) is 19.1 Å². The van der Waals surface area contributed by atoms with Crippen LogP contribution in [0.15, 0.2) is 48.5 Å². The maximum atomic E-state index is 12.2. The molecule has 1 aliphatic rings. The molecule has 1 N–H and O–H groups in total. The molecule has 0 aromatic heterocycles. The van der Waals surface area contributed by atoms with Crippen molar-refractivity contribution in [3.05, 3.63) is 59.7 Å². The van der Waals surface area contributed by atoms with Gasteiger partial charge in [-0.2, -0.15) is 0 Å². The topological polar surface area (TPSA) is 120 Å². The van der Waals surface area contributed by atoms with Crippen LogP contribution < -0.4 is 5.32 Å². The molecule has 0 heterocycles. The first-order valence-corrected chi connectivity index (χ1v) is 15.6. The van der Waals surface area contributed by atoms with Crippen molar-refractivity contribution in [2.45, 2.75) is 38.7 Å². The standard InChI is InChI=1S/C34H49NO10/c1-34(2,3)45-32(36)26-43-24-23-42-22-21-41-20-19-40-18-17-39-16-15-38-14-8-13-35-33(37)44-25-31-29-11-6-4-9-27(29)28-10-5-7-12-30(28)31/h4-7,9-12,31H,8,13-26H2,1-3H3,(H,35,37). The molecule has 0 fully saturated rings. The number of fused-ring (bicyclic) bond motifs is 3. The van der Waals surface area contributed by atoms with Crippen LogP contribution in [0.25, 0.3) is 11.1 Å². The Kier molecular flexibility index (Phi) is 16.9. The summed E-state index contributed by atoms with van der Waals surface area (Å²) in [5, 5.41) is 2.80. The Morgan fingerprint density at radius 1 is 0.644 bits per heavy atom. The average molecular weight is 632 g/mol. The molecule has 45 heavy (non-hydrogen) atoms. The van der Waals surface area contributed by atoms with E-state index in [1.54, 1.807) is 0 Å². The Morgan fingerprint density at radius 2 is 1.09 bits per heavy atom. The molecule has 11 heteroatoms. The van der Waals surface area contributed by atoms with Crippen LogP contribution in [-0.2, 0) is 42.7 Å². The van der Waals surface area contributed by atoms with E-state index in [0.29, 0.717) is 92.2 Å². The van der Waals surface area contributed by atoms with Gasteiger partial charge in [-0.05, 0) is 49.4 Å². The van der Waals surface area contributed by atoms with E-state index < -0.39 is 11.7 Å². The van der Waals surface area contributed by atoms with Gasteiger partial charge in [0.2, 0.25) is 0 Å². The molecule has 0 atom stereocenters. The maximum absolute atomic E-state index is 12.2. The van der Waals surface area contributed by atoms with Gasteiger partial charge in [0.25, 0.3) is 0 Å². The van der Waals surface area contributed by atoms with Crippen LogP contribution >= 0.6 is 0 Å². The smallest absolute Gasteiger partial charge is 0.407 e. The van der Waals surface area contributed by atoms with Crippen molar-refractivity contribution in [1.82, 2.24) is 5.32 Å². The van der Waals surface area contributed by atoms with Crippen LogP contribution in [0, 0.1) is 0 Å². The monoisotopic (exact) mass is 631 g/mol. The molecular weight excluding hydrogens is 582 g/mol. The van der Waals surface area contributed by atoms with Gasteiger partial charge < -0.3 is 43.2 Å². The molecule has 11 nitrogen and oxygen atoms in total. The first-order valence-electron chi connectivity index (χ1n) is 15.6.